The molecule has 2 amide bonds. The van der Waals surface area contributed by atoms with Gasteiger partial charge in [-0.15, -0.1) is 0 Å². The van der Waals surface area contributed by atoms with Gasteiger partial charge in [-0.1, -0.05) is 15.9 Å². The van der Waals surface area contributed by atoms with E-state index in [1.165, 1.54) is 7.05 Å². The number of carbonyl (C=O) groups is 2. The van der Waals surface area contributed by atoms with Gasteiger partial charge < -0.3 is 15.0 Å². The molecule has 1 aromatic carbocycles. The molecule has 0 fully saturated rings. The highest BCUT2D eigenvalue weighted by molar-refractivity contribution is 9.10. The van der Waals surface area contributed by atoms with Crippen molar-refractivity contribution in [1.29, 1.82) is 0 Å². The van der Waals surface area contributed by atoms with Crippen LogP contribution >= 0.6 is 15.9 Å². The Balaban J connectivity index is 2.24. The van der Waals surface area contributed by atoms with Crippen molar-refractivity contribution in [2.24, 2.45) is 0 Å². The van der Waals surface area contributed by atoms with Crippen LogP contribution in [0.4, 0.5) is 18.9 Å². The van der Waals surface area contributed by atoms with Crippen molar-refractivity contribution < 1.29 is 27.5 Å². The van der Waals surface area contributed by atoms with E-state index in [1.807, 2.05) is 0 Å². The zero-order chi connectivity index (χ0) is 15.8. The molecule has 1 aromatic rings. The molecular weight excluding hydrogens is 357 g/mol. The predicted octanol–water partition coefficient (Wildman–Crippen LogP) is 1.85. The SMILES string of the molecule is CN1C(=O)[C@@H](NC(=O)C(F)(F)F)COc2ccc(Br)cc21. The molecule has 0 aromatic heterocycles. The lowest BCUT2D eigenvalue weighted by atomic mass is 10.2. The highest BCUT2D eigenvalue weighted by Gasteiger charge is 2.42. The summed E-state index contributed by atoms with van der Waals surface area (Å²) in [7, 11) is 1.40. The summed E-state index contributed by atoms with van der Waals surface area (Å²) >= 11 is 3.23. The van der Waals surface area contributed by atoms with E-state index >= 15 is 0 Å². The lowest BCUT2D eigenvalue weighted by molar-refractivity contribution is -0.174. The third-order valence-electron chi connectivity index (χ3n) is 2.88. The second kappa shape index (κ2) is 5.55. The number of hydrogen-bond acceptors (Lipinski definition) is 3. The molecule has 0 unspecified atom stereocenters. The summed E-state index contributed by atoms with van der Waals surface area (Å²) in [5.41, 5.74) is 0.401. The van der Waals surface area contributed by atoms with Gasteiger partial charge in [-0.05, 0) is 18.2 Å². The maximum Gasteiger partial charge on any atom is 0.471 e. The van der Waals surface area contributed by atoms with Crippen molar-refractivity contribution in [2.45, 2.75) is 12.2 Å². The standard InChI is InChI=1S/C12H10BrF3N2O3/c1-18-8-4-6(13)2-3-9(8)21-5-7(10(18)19)17-11(20)12(14,15)16/h2-4,7H,5H2,1H3,(H,17,20)/t7-/m0/s1. The Bertz CT molecular complexity index is 592. The molecule has 1 aliphatic heterocycles. The minimum absolute atomic E-state index is 0.345. The molecule has 21 heavy (non-hydrogen) atoms. The molecular formula is C12H10BrF3N2O3. The first kappa shape index (κ1) is 15.6. The summed E-state index contributed by atoms with van der Waals surface area (Å²) in [6.45, 7) is -0.375. The number of carbonyl (C=O) groups excluding carboxylic acids is 2. The lowest BCUT2D eigenvalue weighted by Gasteiger charge is -2.20. The average molecular weight is 367 g/mol. The molecule has 0 saturated carbocycles. The Morgan fingerprint density at radius 2 is 2.14 bits per heavy atom. The van der Waals surface area contributed by atoms with Gasteiger partial charge in [-0.3, -0.25) is 9.59 Å². The molecule has 1 aliphatic rings. The quantitative estimate of drug-likeness (QED) is 0.825. The Hall–Kier alpha value is -1.77. The second-order valence-electron chi connectivity index (χ2n) is 4.34. The fourth-order valence-electron chi connectivity index (χ4n) is 1.82. The van der Waals surface area contributed by atoms with E-state index in [2.05, 4.69) is 15.9 Å². The van der Waals surface area contributed by atoms with E-state index in [1.54, 1.807) is 23.5 Å². The van der Waals surface area contributed by atoms with Gasteiger partial charge in [0.05, 0.1) is 5.69 Å². The number of fused-ring (bicyclic) bond motifs is 1. The summed E-state index contributed by atoms with van der Waals surface area (Å²) in [5, 5.41) is 1.64. The van der Waals surface area contributed by atoms with E-state index in [-0.39, 0.29) is 6.61 Å². The molecule has 0 aliphatic carbocycles. The minimum atomic E-state index is -5.05. The Morgan fingerprint density at radius 1 is 1.48 bits per heavy atom. The zero-order valence-electron chi connectivity index (χ0n) is 10.7. The summed E-state index contributed by atoms with van der Waals surface area (Å²) in [6.07, 6.45) is -5.05. The van der Waals surface area contributed by atoms with E-state index in [0.29, 0.717) is 15.9 Å². The van der Waals surface area contributed by atoms with Gasteiger partial charge in [-0.2, -0.15) is 13.2 Å². The second-order valence-corrected chi connectivity index (χ2v) is 5.26. The van der Waals surface area contributed by atoms with Crippen LogP contribution in [0.15, 0.2) is 22.7 Å². The highest BCUT2D eigenvalue weighted by Crippen LogP contribution is 2.33. The fourth-order valence-corrected chi connectivity index (χ4v) is 2.16. The average Bonchev–Trinajstić information content (AvgIpc) is 2.50. The lowest BCUT2D eigenvalue weighted by Crippen LogP contribution is -2.52. The topological polar surface area (TPSA) is 58.6 Å². The molecule has 0 bridgehead atoms. The van der Waals surface area contributed by atoms with Gasteiger partial charge in [0.25, 0.3) is 5.91 Å². The molecule has 0 spiro atoms. The molecule has 1 N–H and O–H groups in total. The van der Waals surface area contributed by atoms with Crippen LogP contribution in [-0.4, -0.2) is 37.7 Å². The van der Waals surface area contributed by atoms with Crippen LogP contribution in [0.3, 0.4) is 0 Å². The van der Waals surface area contributed by atoms with Crippen LogP contribution < -0.4 is 15.0 Å². The van der Waals surface area contributed by atoms with Gasteiger partial charge >= 0.3 is 12.1 Å². The van der Waals surface area contributed by atoms with Crippen LogP contribution in [0.1, 0.15) is 0 Å². The van der Waals surface area contributed by atoms with E-state index in [9.17, 15) is 22.8 Å². The molecule has 1 heterocycles. The molecule has 9 heteroatoms. The van der Waals surface area contributed by atoms with E-state index in [0.717, 1.165) is 4.90 Å². The number of nitrogens with one attached hydrogen (secondary N) is 1. The van der Waals surface area contributed by atoms with Crippen LogP contribution in [0, 0.1) is 0 Å². The number of nitrogens with zero attached hydrogens (tertiary/aromatic N) is 1. The van der Waals surface area contributed by atoms with Crippen molar-refractivity contribution in [3.05, 3.63) is 22.7 Å². The Kier molecular flexibility index (Phi) is 4.13. The first-order chi connectivity index (χ1) is 9.70. The molecule has 0 saturated heterocycles. The smallest absolute Gasteiger partial charge is 0.471 e. The molecule has 5 nitrogen and oxygen atoms in total. The van der Waals surface area contributed by atoms with Crippen LogP contribution in [0.5, 0.6) is 5.75 Å². The van der Waals surface area contributed by atoms with Gasteiger partial charge in [0.1, 0.15) is 18.4 Å². The van der Waals surface area contributed by atoms with Crippen molar-refractivity contribution in [1.82, 2.24) is 5.32 Å². The predicted molar refractivity (Wildman–Crippen MR) is 71.0 cm³/mol. The zero-order valence-corrected chi connectivity index (χ0v) is 12.3. The monoisotopic (exact) mass is 366 g/mol. The van der Waals surface area contributed by atoms with Crippen molar-refractivity contribution in [3.63, 3.8) is 0 Å². The summed E-state index contributed by atoms with van der Waals surface area (Å²) < 4.78 is 42.8. The van der Waals surface area contributed by atoms with Crippen LogP contribution in [-0.2, 0) is 9.59 Å². The normalized spacial score (nSPS) is 18.6. The van der Waals surface area contributed by atoms with Crippen LogP contribution in [0.25, 0.3) is 0 Å². The number of likely N-dealkylation sites (N-methyl/N-ethyl adjacent to an activating group) is 1. The Labute approximate surface area is 126 Å². The first-order valence-electron chi connectivity index (χ1n) is 5.78. The number of anilines is 1. The largest absolute Gasteiger partial charge is 0.489 e. The molecule has 0 radical (unpaired) electrons. The number of halogens is 4. The maximum atomic E-state index is 12.3. The summed E-state index contributed by atoms with van der Waals surface area (Å²) in [6, 6.07) is 3.44. The number of alkyl halides is 3. The fraction of sp³-hybridized carbons (Fsp3) is 0.333. The number of rotatable bonds is 1. The maximum absolute atomic E-state index is 12.3. The third kappa shape index (κ3) is 3.29. The molecule has 2 rings (SSSR count). The van der Waals surface area contributed by atoms with E-state index in [4.69, 9.17) is 4.74 Å². The number of amides is 2. The number of ether oxygens (including phenoxy) is 1. The number of benzene rings is 1. The Morgan fingerprint density at radius 3 is 2.76 bits per heavy atom. The van der Waals surface area contributed by atoms with Gasteiger partial charge in [0, 0.05) is 11.5 Å². The molecule has 114 valence electrons. The van der Waals surface area contributed by atoms with Gasteiger partial charge in [0.15, 0.2) is 0 Å². The van der Waals surface area contributed by atoms with Gasteiger partial charge in [-0.25, -0.2) is 0 Å². The number of hydrogen-bond donors (Lipinski definition) is 1. The first-order valence-corrected chi connectivity index (χ1v) is 6.57. The summed E-state index contributed by atoms with van der Waals surface area (Å²) in [5.74, 6) is -2.52. The molecule has 1 atom stereocenters. The highest BCUT2D eigenvalue weighted by atomic mass is 79.9. The van der Waals surface area contributed by atoms with Crippen LogP contribution in [0.2, 0.25) is 0 Å². The van der Waals surface area contributed by atoms with Crippen molar-refractivity contribution in [2.75, 3.05) is 18.6 Å². The van der Waals surface area contributed by atoms with E-state index < -0.39 is 24.0 Å². The van der Waals surface area contributed by atoms with Crippen molar-refractivity contribution >= 4 is 33.4 Å². The van der Waals surface area contributed by atoms with Gasteiger partial charge in [0.2, 0.25) is 0 Å². The van der Waals surface area contributed by atoms with Crippen molar-refractivity contribution in [3.8, 4) is 5.75 Å². The minimum Gasteiger partial charge on any atom is -0.489 e. The summed E-state index contributed by atoms with van der Waals surface area (Å²) in [4.78, 5) is 24.2. The third-order valence-corrected chi connectivity index (χ3v) is 3.37.